The highest BCUT2D eigenvalue weighted by atomic mass is 32.2. The van der Waals surface area contributed by atoms with Crippen molar-refractivity contribution in [2.45, 2.75) is 31.4 Å². The standard InChI is InChI=1S/C8H11NO5S/c1-2-6(11)15-5-3-4(10)9(5)7(12)8(13)14/h5,7,12H,2-3H2,1H3,(H,13,14). The van der Waals surface area contributed by atoms with Crippen LogP contribution in [0, 0.1) is 0 Å². The number of carbonyl (C=O) groups excluding carboxylic acids is 2. The van der Waals surface area contributed by atoms with Gasteiger partial charge in [0.05, 0.1) is 11.8 Å². The van der Waals surface area contributed by atoms with E-state index in [1.165, 1.54) is 0 Å². The van der Waals surface area contributed by atoms with Crippen LogP contribution in [0.2, 0.25) is 0 Å². The van der Waals surface area contributed by atoms with Gasteiger partial charge in [-0.05, 0) is 0 Å². The number of hydrogen-bond acceptors (Lipinski definition) is 5. The molecule has 15 heavy (non-hydrogen) atoms. The molecule has 7 heteroatoms. The fourth-order valence-electron chi connectivity index (χ4n) is 1.15. The Balaban J connectivity index is 2.58. The zero-order chi connectivity index (χ0) is 11.6. The van der Waals surface area contributed by atoms with Crippen LogP contribution in [-0.2, 0) is 14.4 Å². The minimum Gasteiger partial charge on any atom is -0.478 e. The molecular weight excluding hydrogens is 222 g/mol. The number of rotatable bonds is 4. The van der Waals surface area contributed by atoms with Crippen LogP contribution in [-0.4, -0.2) is 43.7 Å². The summed E-state index contributed by atoms with van der Waals surface area (Å²) < 4.78 is 0. The maximum atomic E-state index is 11.1. The number of aliphatic hydroxyl groups is 1. The van der Waals surface area contributed by atoms with Crippen molar-refractivity contribution in [3.05, 3.63) is 0 Å². The molecule has 84 valence electrons. The van der Waals surface area contributed by atoms with E-state index in [0.717, 1.165) is 16.7 Å². The van der Waals surface area contributed by atoms with E-state index in [9.17, 15) is 14.4 Å². The summed E-state index contributed by atoms with van der Waals surface area (Å²) in [4.78, 5) is 33.3. The van der Waals surface area contributed by atoms with Crippen LogP contribution >= 0.6 is 11.8 Å². The largest absolute Gasteiger partial charge is 0.478 e. The van der Waals surface area contributed by atoms with E-state index in [1.54, 1.807) is 6.92 Å². The first-order valence-electron chi connectivity index (χ1n) is 4.39. The lowest BCUT2D eigenvalue weighted by Crippen LogP contribution is -2.58. The molecule has 0 spiro atoms. The maximum absolute atomic E-state index is 11.1. The number of β-lactam (4-membered cyclic amide) rings is 1. The van der Waals surface area contributed by atoms with Crippen LogP contribution in [0.1, 0.15) is 19.8 Å². The van der Waals surface area contributed by atoms with E-state index in [4.69, 9.17) is 10.2 Å². The number of carbonyl (C=O) groups is 3. The second-order valence-corrected chi connectivity index (χ2v) is 4.25. The summed E-state index contributed by atoms with van der Waals surface area (Å²) >= 11 is 0.887. The molecule has 0 aromatic heterocycles. The van der Waals surface area contributed by atoms with Crippen molar-refractivity contribution in [2.24, 2.45) is 0 Å². The van der Waals surface area contributed by atoms with Crippen LogP contribution in [0.5, 0.6) is 0 Å². The van der Waals surface area contributed by atoms with Gasteiger partial charge in [0.1, 0.15) is 0 Å². The molecule has 1 aliphatic heterocycles. The molecule has 2 atom stereocenters. The molecule has 0 saturated carbocycles. The van der Waals surface area contributed by atoms with Gasteiger partial charge < -0.3 is 10.2 Å². The first-order valence-corrected chi connectivity index (χ1v) is 5.26. The number of amides is 1. The van der Waals surface area contributed by atoms with Crippen molar-refractivity contribution in [3.8, 4) is 0 Å². The summed E-state index contributed by atoms with van der Waals surface area (Å²) in [7, 11) is 0. The Morgan fingerprint density at radius 2 is 2.27 bits per heavy atom. The molecule has 1 saturated heterocycles. The molecule has 1 heterocycles. The zero-order valence-corrected chi connectivity index (χ0v) is 8.86. The maximum Gasteiger partial charge on any atom is 0.354 e. The van der Waals surface area contributed by atoms with Crippen LogP contribution in [0.25, 0.3) is 0 Å². The normalized spacial score (nSPS) is 22.1. The Kier molecular flexibility index (Phi) is 3.70. The second kappa shape index (κ2) is 4.63. The lowest BCUT2D eigenvalue weighted by molar-refractivity contribution is -0.174. The number of carboxylic acid groups (broad SMARTS) is 1. The van der Waals surface area contributed by atoms with Gasteiger partial charge in [-0.3, -0.25) is 14.5 Å². The van der Waals surface area contributed by atoms with Gasteiger partial charge in [0.25, 0.3) is 0 Å². The van der Waals surface area contributed by atoms with E-state index < -0.39 is 23.5 Å². The van der Waals surface area contributed by atoms with Gasteiger partial charge in [0, 0.05) is 6.42 Å². The molecule has 6 nitrogen and oxygen atoms in total. The third kappa shape index (κ3) is 2.48. The molecule has 0 radical (unpaired) electrons. The molecular formula is C8H11NO5S. The minimum absolute atomic E-state index is 0.0980. The Hall–Kier alpha value is -1.08. The van der Waals surface area contributed by atoms with E-state index >= 15 is 0 Å². The van der Waals surface area contributed by atoms with Gasteiger partial charge in [0.15, 0.2) is 5.12 Å². The number of aliphatic carboxylic acids is 1. The Labute approximate surface area is 90.2 Å². The van der Waals surface area contributed by atoms with E-state index in [1.807, 2.05) is 0 Å². The van der Waals surface area contributed by atoms with Crippen LogP contribution < -0.4 is 0 Å². The number of aliphatic hydroxyl groups excluding tert-OH is 1. The zero-order valence-electron chi connectivity index (χ0n) is 8.04. The van der Waals surface area contributed by atoms with E-state index in [0.29, 0.717) is 6.42 Å². The predicted molar refractivity (Wildman–Crippen MR) is 51.8 cm³/mol. The molecule has 0 aliphatic carbocycles. The third-order valence-corrected chi connectivity index (χ3v) is 3.21. The van der Waals surface area contributed by atoms with Crippen molar-refractivity contribution in [2.75, 3.05) is 0 Å². The number of carboxylic acids is 1. The van der Waals surface area contributed by atoms with Gasteiger partial charge in [0.2, 0.25) is 12.1 Å². The average molecular weight is 233 g/mol. The molecule has 1 amide bonds. The second-order valence-electron chi connectivity index (χ2n) is 3.02. The number of likely N-dealkylation sites (tertiary alicyclic amines) is 1. The highest BCUT2D eigenvalue weighted by Gasteiger charge is 2.44. The number of thioether (sulfide) groups is 1. The topological polar surface area (TPSA) is 94.9 Å². The summed E-state index contributed by atoms with van der Waals surface area (Å²) in [6, 6.07) is 0. The molecule has 1 rings (SSSR count). The van der Waals surface area contributed by atoms with E-state index in [-0.39, 0.29) is 11.5 Å². The fourth-order valence-corrected chi connectivity index (χ4v) is 2.19. The lowest BCUT2D eigenvalue weighted by Gasteiger charge is -2.40. The fraction of sp³-hybridized carbons (Fsp3) is 0.625. The van der Waals surface area contributed by atoms with E-state index in [2.05, 4.69) is 0 Å². The molecule has 1 fully saturated rings. The molecule has 1 aliphatic rings. The summed E-state index contributed by atoms with van der Waals surface area (Å²) in [5.41, 5.74) is 0. The lowest BCUT2D eigenvalue weighted by atomic mass is 10.2. The Bertz CT molecular complexity index is 305. The SMILES string of the molecule is CCC(=O)SC1CC(=O)N1C(O)C(=O)O. The highest BCUT2D eigenvalue weighted by Crippen LogP contribution is 2.31. The summed E-state index contributed by atoms with van der Waals surface area (Å²) in [5.74, 6) is -1.94. The van der Waals surface area contributed by atoms with Gasteiger partial charge in [-0.15, -0.1) is 0 Å². The van der Waals surface area contributed by atoms with Crippen LogP contribution in [0.15, 0.2) is 0 Å². The molecule has 2 unspecified atom stereocenters. The first-order chi connectivity index (χ1) is 6.97. The highest BCUT2D eigenvalue weighted by molar-refractivity contribution is 8.14. The summed E-state index contributed by atoms with van der Waals surface area (Å²) in [6.45, 7) is 1.67. The van der Waals surface area contributed by atoms with Crippen molar-refractivity contribution < 1.29 is 24.6 Å². The third-order valence-electron chi connectivity index (χ3n) is 1.99. The van der Waals surface area contributed by atoms with Crippen LogP contribution in [0.3, 0.4) is 0 Å². The summed E-state index contributed by atoms with van der Waals surface area (Å²) in [6.07, 6.45) is -1.44. The van der Waals surface area contributed by atoms with Gasteiger partial charge >= 0.3 is 5.97 Å². The smallest absolute Gasteiger partial charge is 0.354 e. The Morgan fingerprint density at radius 1 is 1.67 bits per heavy atom. The Morgan fingerprint density at radius 3 is 2.67 bits per heavy atom. The van der Waals surface area contributed by atoms with Crippen molar-refractivity contribution in [1.29, 1.82) is 0 Å². The van der Waals surface area contributed by atoms with Crippen molar-refractivity contribution in [3.63, 3.8) is 0 Å². The first kappa shape index (κ1) is 12.0. The molecule has 0 bridgehead atoms. The summed E-state index contributed by atoms with van der Waals surface area (Å²) in [5, 5.41) is 17.0. The average Bonchev–Trinajstić information content (AvgIpc) is 2.16. The van der Waals surface area contributed by atoms with Gasteiger partial charge in [-0.25, -0.2) is 4.79 Å². The number of hydrogen-bond donors (Lipinski definition) is 2. The predicted octanol–water partition coefficient (Wildman–Crippen LogP) is -0.382. The minimum atomic E-state index is -1.85. The molecule has 0 aromatic carbocycles. The van der Waals surface area contributed by atoms with Crippen molar-refractivity contribution >= 4 is 28.8 Å². The van der Waals surface area contributed by atoms with Gasteiger partial charge in [-0.2, -0.15) is 0 Å². The quantitative estimate of drug-likeness (QED) is 0.642. The van der Waals surface area contributed by atoms with Crippen molar-refractivity contribution in [1.82, 2.24) is 4.90 Å². The van der Waals surface area contributed by atoms with Gasteiger partial charge in [-0.1, -0.05) is 18.7 Å². The molecule has 2 N–H and O–H groups in total. The monoisotopic (exact) mass is 233 g/mol. The van der Waals surface area contributed by atoms with Crippen LogP contribution in [0.4, 0.5) is 0 Å². The number of nitrogens with zero attached hydrogens (tertiary/aromatic N) is 1. The molecule has 0 aromatic rings.